The summed E-state index contributed by atoms with van der Waals surface area (Å²) in [5.74, 6) is -0.0240. The van der Waals surface area contributed by atoms with E-state index in [1.54, 1.807) is 17.4 Å². The van der Waals surface area contributed by atoms with E-state index >= 15 is 0 Å². The highest BCUT2D eigenvalue weighted by molar-refractivity contribution is 7.08. The highest BCUT2D eigenvalue weighted by atomic mass is 32.1. The number of carbonyl (C=O) groups excluding carboxylic acids is 1. The monoisotopic (exact) mass is 341 g/mol. The number of carbonyl (C=O) groups is 1. The molecule has 0 atom stereocenters. The number of hydrogen-bond donors (Lipinski definition) is 1. The van der Waals surface area contributed by atoms with Crippen LogP contribution < -0.4 is 10.2 Å². The van der Waals surface area contributed by atoms with E-state index < -0.39 is 0 Å². The van der Waals surface area contributed by atoms with Crippen LogP contribution in [0.1, 0.15) is 5.56 Å². The van der Waals surface area contributed by atoms with Crippen molar-refractivity contribution in [1.82, 2.24) is 10.2 Å². The summed E-state index contributed by atoms with van der Waals surface area (Å²) in [4.78, 5) is 16.6. The first kappa shape index (κ1) is 16.7. The second-order valence-electron chi connectivity index (χ2n) is 5.85. The highest BCUT2D eigenvalue weighted by Gasteiger charge is 2.16. The van der Waals surface area contributed by atoms with Crippen LogP contribution in [-0.4, -0.2) is 50.1 Å². The Morgan fingerprint density at radius 2 is 1.92 bits per heavy atom. The lowest BCUT2D eigenvalue weighted by Gasteiger charge is -2.36. The molecule has 4 nitrogen and oxygen atoms in total. The molecule has 1 fully saturated rings. The summed E-state index contributed by atoms with van der Waals surface area (Å²) < 4.78 is 0. The molecular formula is C19H23N3OS. The zero-order chi connectivity index (χ0) is 16.6. The third-order valence-electron chi connectivity index (χ3n) is 4.19. The van der Waals surface area contributed by atoms with E-state index in [9.17, 15) is 4.79 Å². The molecule has 0 spiro atoms. The van der Waals surface area contributed by atoms with Crippen molar-refractivity contribution in [1.29, 1.82) is 0 Å². The number of amides is 1. The number of benzene rings is 1. The Morgan fingerprint density at radius 3 is 2.62 bits per heavy atom. The minimum Gasteiger partial charge on any atom is -0.369 e. The number of nitrogens with one attached hydrogen (secondary N) is 1. The number of thiophene rings is 1. The van der Waals surface area contributed by atoms with Crippen molar-refractivity contribution in [3.8, 4) is 0 Å². The van der Waals surface area contributed by atoms with Crippen LogP contribution in [0.3, 0.4) is 0 Å². The Bertz CT molecular complexity index is 647. The van der Waals surface area contributed by atoms with Crippen LogP contribution in [0.4, 0.5) is 5.69 Å². The van der Waals surface area contributed by atoms with Crippen LogP contribution in [0.25, 0.3) is 6.08 Å². The van der Waals surface area contributed by atoms with Gasteiger partial charge < -0.3 is 10.2 Å². The number of rotatable bonds is 6. The third kappa shape index (κ3) is 4.94. The van der Waals surface area contributed by atoms with Gasteiger partial charge in [0.1, 0.15) is 0 Å². The van der Waals surface area contributed by atoms with Gasteiger partial charge in [0.15, 0.2) is 0 Å². The standard InChI is InChI=1S/C19H23N3OS/c23-19(7-6-17-8-15-24-16-17)20-9-10-21-11-13-22(14-12-21)18-4-2-1-3-5-18/h1-8,15-16H,9-14H2,(H,20,23)/b7-6+. The zero-order valence-corrected chi connectivity index (χ0v) is 14.5. The summed E-state index contributed by atoms with van der Waals surface area (Å²) >= 11 is 1.63. The van der Waals surface area contributed by atoms with E-state index in [4.69, 9.17) is 0 Å². The lowest BCUT2D eigenvalue weighted by molar-refractivity contribution is -0.116. The molecule has 1 aromatic carbocycles. The average molecular weight is 341 g/mol. The van der Waals surface area contributed by atoms with Crippen LogP contribution in [-0.2, 0) is 4.79 Å². The molecule has 1 amide bonds. The van der Waals surface area contributed by atoms with Crippen molar-refractivity contribution in [3.63, 3.8) is 0 Å². The number of hydrogen-bond acceptors (Lipinski definition) is 4. The van der Waals surface area contributed by atoms with Gasteiger partial charge in [-0.15, -0.1) is 0 Å². The van der Waals surface area contributed by atoms with Gasteiger partial charge in [0, 0.05) is 51.0 Å². The van der Waals surface area contributed by atoms with Gasteiger partial charge in [0.05, 0.1) is 0 Å². The first-order valence-electron chi connectivity index (χ1n) is 8.32. The van der Waals surface area contributed by atoms with E-state index in [2.05, 4.69) is 45.4 Å². The molecule has 126 valence electrons. The molecule has 0 unspecified atom stereocenters. The molecule has 0 saturated carbocycles. The molecule has 24 heavy (non-hydrogen) atoms. The van der Waals surface area contributed by atoms with Crippen LogP contribution >= 0.6 is 11.3 Å². The Kier molecular flexibility index (Phi) is 6.04. The maximum atomic E-state index is 11.8. The number of piperazine rings is 1. The molecule has 0 bridgehead atoms. The summed E-state index contributed by atoms with van der Waals surface area (Å²) in [5, 5.41) is 6.99. The molecule has 1 saturated heterocycles. The third-order valence-corrected chi connectivity index (χ3v) is 4.89. The number of anilines is 1. The topological polar surface area (TPSA) is 35.6 Å². The van der Waals surface area contributed by atoms with Crippen molar-refractivity contribution in [3.05, 3.63) is 58.8 Å². The van der Waals surface area contributed by atoms with Crippen LogP contribution in [0.15, 0.2) is 53.2 Å². The van der Waals surface area contributed by atoms with Gasteiger partial charge in [-0.2, -0.15) is 11.3 Å². The molecule has 3 rings (SSSR count). The lowest BCUT2D eigenvalue weighted by atomic mass is 10.2. The molecule has 1 aliphatic rings. The Balaban J connectivity index is 1.34. The normalized spacial score (nSPS) is 15.8. The van der Waals surface area contributed by atoms with Crippen molar-refractivity contribution < 1.29 is 4.79 Å². The summed E-state index contributed by atoms with van der Waals surface area (Å²) in [6.45, 7) is 5.75. The van der Waals surface area contributed by atoms with Gasteiger partial charge in [-0.3, -0.25) is 9.69 Å². The van der Waals surface area contributed by atoms with E-state index in [-0.39, 0.29) is 5.91 Å². The minimum atomic E-state index is -0.0240. The Hall–Kier alpha value is -2.11. The predicted octanol–water partition coefficient (Wildman–Crippen LogP) is 2.70. The van der Waals surface area contributed by atoms with E-state index in [0.717, 1.165) is 38.3 Å². The minimum absolute atomic E-state index is 0.0240. The van der Waals surface area contributed by atoms with Crippen molar-refractivity contribution in [2.45, 2.75) is 0 Å². The maximum absolute atomic E-state index is 11.8. The van der Waals surface area contributed by atoms with Gasteiger partial charge in [0.2, 0.25) is 5.91 Å². The molecule has 1 aliphatic heterocycles. The van der Waals surface area contributed by atoms with Gasteiger partial charge in [-0.25, -0.2) is 0 Å². The molecular weight excluding hydrogens is 318 g/mol. The fourth-order valence-corrected chi connectivity index (χ4v) is 3.43. The maximum Gasteiger partial charge on any atom is 0.244 e. The molecule has 0 radical (unpaired) electrons. The van der Waals surface area contributed by atoms with Gasteiger partial charge in [0.25, 0.3) is 0 Å². The quantitative estimate of drug-likeness (QED) is 0.821. The highest BCUT2D eigenvalue weighted by Crippen LogP contribution is 2.15. The second-order valence-corrected chi connectivity index (χ2v) is 6.63. The van der Waals surface area contributed by atoms with Crippen LogP contribution in [0, 0.1) is 0 Å². The van der Waals surface area contributed by atoms with Gasteiger partial charge in [-0.1, -0.05) is 18.2 Å². The van der Waals surface area contributed by atoms with E-state index in [0.29, 0.717) is 6.54 Å². The van der Waals surface area contributed by atoms with E-state index in [1.807, 2.05) is 22.9 Å². The van der Waals surface area contributed by atoms with Crippen molar-refractivity contribution in [2.75, 3.05) is 44.2 Å². The number of para-hydroxylation sites is 1. The molecule has 2 aromatic rings. The summed E-state index contributed by atoms with van der Waals surface area (Å²) in [6.07, 6.45) is 3.46. The zero-order valence-electron chi connectivity index (χ0n) is 13.7. The lowest BCUT2D eigenvalue weighted by Crippen LogP contribution is -2.48. The molecule has 2 heterocycles. The Morgan fingerprint density at radius 1 is 1.12 bits per heavy atom. The van der Waals surface area contributed by atoms with Gasteiger partial charge in [-0.05, 0) is 40.6 Å². The summed E-state index contributed by atoms with van der Waals surface area (Å²) in [6, 6.07) is 12.5. The second kappa shape index (κ2) is 8.66. The SMILES string of the molecule is O=C(/C=C/c1ccsc1)NCCN1CCN(c2ccccc2)CC1. The first-order valence-corrected chi connectivity index (χ1v) is 9.26. The summed E-state index contributed by atoms with van der Waals surface area (Å²) in [7, 11) is 0. The fourth-order valence-electron chi connectivity index (χ4n) is 2.81. The largest absolute Gasteiger partial charge is 0.369 e. The number of nitrogens with zero attached hydrogens (tertiary/aromatic N) is 2. The van der Waals surface area contributed by atoms with Crippen molar-refractivity contribution in [2.24, 2.45) is 0 Å². The first-order chi connectivity index (χ1) is 11.8. The smallest absolute Gasteiger partial charge is 0.244 e. The fraction of sp³-hybridized carbons (Fsp3) is 0.316. The van der Waals surface area contributed by atoms with Crippen LogP contribution in [0.2, 0.25) is 0 Å². The summed E-state index contributed by atoms with van der Waals surface area (Å²) in [5.41, 5.74) is 2.37. The molecule has 1 N–H and O–H groups in total. The van der Waals surface area contributed by atoms with Crippen molar-refractivity contribution >= 4 is 29.0 Å². The van der Waals surface area contributed by atoms with Gasteiger partial charge >= 0.3 is 0 Å². The molecule has 0 aliphatic carbocycles. The molecule has 5 heteroatoms. The van der Waals surface area contributed by atoms with Crippen LogP contribution in [0.5, 0.6) is 0 Å². The average Bonchev–Trinajstić information content (AvgIpc) is 3.15. The predicted molar refractivity (Wildman–Crippen MR) is 101 cm³/mol. The van der Waals surface area contributed by atoms with E-state index in [1.165, 1.54) is 5.69 Å². The Labute approximate surface area is 147 Å². The molecule has 1 aromatic heterocycles.